The predicted octanol–water partition coefficient (Wildman–Crippen LogP) is 1.01. The van der Waals surface area contributed by atoms with Gasteiger partial charge in [0, 0.05) is 44.1 Å². The lowest BCUT2D eigenvalue weighted by molar-refractivity contribution is -0.136. The molecule has 4 nitrogen and oxygen atoms in total. The summed E-state index contributed by atoms with van der Waals surface area (Å²) in [5, 5.41) is 0. The van der Waals surface area contributed by atoms with Crippen LogP contribution in [0.25, 0.3) is 0 Å². The molecule has 1 aliphatic heterocycles. The molecule has 4 heteroatoms. The molecule has 1 saturated heterocycles. The van der Waals surface area contributed by atoms with E-state index in [9.17, 15) is 9.59 Å². The Bertz CT molecular complexity index is 279. The van der Waals surface area contributed by atoms with Crippen LogP contribution in [0.5, 0.6) is 0 Å². The second-order valence-electron chi connectivity index (χ2n) is 5.86. The second kappa shape index (κ2) is 5.63. The van der Waals surface area contributed by atoms with E-state index in [1.54, 1.807) is 0 Å². The van der Waals surface area contributed by atoms with Gasteiger partial charge in [-0.25, -0.2) is 0 Å². The highest BCUT2D eigenvalue weighted by atomic mass is 16.2. The highest BCUT2D eigenvalue weighted by molar-refractivity contribution is 5.78. The fourth-order valence-corrected chi connectivity index (χ4v) is 2.11. The van der Waals surface area contributed by atoms with Gasteiger partial charge in [0.1, 0.15) is 6.29 Å². The van der Waals surface area contributed by atoms with Crippen molar-refractivity contribution in [3.05, 3.63) is 0 Å². The smallest absolute Gasteiger partial charge is 0.225 e. The van der Waals surface area contributed by atoms with E-state index in [1.807, 2.05) is 32.6 Å². The molecule has 1 fully saturated rings. The molecule has 0 atom stereocenters. The van der Waals surface area contributed by atoms with Crippen LogP contribution >= 0.6 is 0 Å². The lowest BCUT2D eigenvalue weighted by Gasteiger charge is -2.38. The van der Waals surface area contributed by atoms with E-state index in [1.165, 1.54) is 0 Å². The number of rotatable bonds is 4. The first kappa shape index (κ1) is 14.2. The molecular weight excluding hydrogens is 216 g/mol. The summed E-state index contributed by atoms with van der Waals surface area (Å²) in [6.07, 6.45) is 1.01. The topological polar surface area (TPSA) is 40.6 Å². The fourth-order valence-electron chi connectivity index (χ4n) is 2.11. The summed E-state index contributed by atoms with van der Waals surface area (Å²) in [7, 11) is 0. The van der Waals surface area contributed by atoms with E-state index >= 15 is 0 Å². The standard InChI is InChI=1S/C13H24N2O2/c1-11(2)12(17)15-7-5-14(6-8-15)9-13(3,4)10-16/h10-11H,5-9H2,1-4H3. The van der Waals surface area contributed by atoms with E-state index in [0.717, 1.165) is 39.0 Å². The molecule has 17 heavy (non-hydrogen) atoms. The summed E-state index contributed by atoms with van der Waals surface area (Å²) in [6.45, 7) is 11.9. The molecule has 0 unspecified atom stereocenters. The van der Waals surface area contributed by atoms with Crippen LogP contribution in [-0.2, 0) is 9.59 Å². The Labute approximate surface area is 104 Å². The minimum atomic E-state index is -0.287. The van der Waals surface area contributed by atoms with Crippen LogP contribution in [0.3, 0.4) is 0 Å². The van der Waals surface area contributed by atoms with Crippen molar-refractivity contribution in [2.45, 2.75) is 27.7 Å². The van der Waals surface area contributed by atoms with Crippen LogP contribution in [0.1, 0.15) is 27.7 Å². The van der Waals surface area contributed by atoms with Gasteiger partial charge in [0.15, 0.2) is 0 Å². The van der Waals surface area contributed by atoms with Gasteiger partial charge in [0.25, 0.3) is 0 Å². The first-order chi connectivity index (χ1) is 7.85. The van der Waals surface area contributed by atoms with Gasteiger partial charge in [0.05, 0.1) is 0 Å². The largest absolute Gasteiger partial charge is 0.340 e. The molecule has 0 aliphatic carbocycles. The lowest BCUT2D eigenvalue weighted by Crippen LogP contribution is -2.51. The molecule has 0 saturated carbocycles. The summed E-state index contributed by atoms with van der Waals surface area (Å²) in [4.78, 5) is 26.9. The Hall–Kier alpha value is -0.900. The van der Waals surface area contributed by atoms with E-state index in [2.05, 4.69) is 4.90 Å². The molecule has 0 aromatic carbocycles. The van der Waals surface area contributed by atoms with Crippen LogP contribution in [0.15, 0.2) is 0 Å². The zero-order valence-electron chi connectivity index (χ0n) is 11.4. The number of carbonyl (C=O) groups is 2. The molecule has 0 bridgehead atoms. The minimum absolute atomic E-state index is 0.0768. The van der Waals surface area contributed by atoms with E-state index in [0.29, 0.717) is 0 Å². The molecule has 0 radical (unpaired) electrons. The number of amides is 1. The molecule has 0 aromatic rings. The third-order valence-electron chi connectivity index (χ3n) is 3.13. The van der Waals surface area contributed by atoms with Gasteiger partial charge in [-0.05, 0) is 0 Å². The summed E-state index contributed by atoms with van der Waals surface area (Å²) in [6, 6.07) is 0. The van der Waals surface area contributed by atoms with Crippen molar-refractivity contribution in [3.8, 4) is 0 Å². The molecule has 0 aromatic heterocycles. The molecule has 1 heterocycles. The molecule has 1 amide bonds. The number of piperazine rings is 1. The summed E-state index contributed by atoms with van der Waals surface area (Å²) >= 11 is 0. The Morgan fingerprint density at radius 1 is 1.24 bits per heavy atom. The van der Waals surface area contributed by atoms with Crippen molar-refractivity contribution >= 4 is 12.2 Å². The Balaban J connectivity index is 2.41. The van der Waals surface area contributed by atoms with Gasteiger partial charge in [-0.2, -0.15) is 0 Å². The molecule has 0 spiro atoms. The zero-order chi connectivity index (χ0) is 13.1. The molecule has 1 rings (SSSR count). The average Bonchev–Trinajstić information content (AvgIpc) is 2.28. The van der Waals surface area contributed by atoms with Crippen molar-refractivity contribution in [1.82, 2.24) is 9.80 Å². The summed E-state index contributed by atoms with van der Waals surface area (Å²) in [5.41, 5.74) is -0.287. The molecule has 0 N–H and O–H groups in total. The quantitative estimate of drug-likeness (QED) is 0.689. The maximum absolute atomic E-state index is 11.8. The van der Waals surface area contributed by atoms with Gasteiger partial charge in [-0.1, -0.05) is 27.7 Å². The number of carbonyl (C=O) groups excluding carboxylic acids is 2. The molecule has 1 aliphatic rings. The monoisotopic (exact) mass is 240 g/mol. The maximum atomic E-state index is 11.8. The predicted molar refractivity (Wildman–Crippen MR) is 67.7 cm³/mol. The van der Waals surface area contributed by atoms with Crippen molar-refractivity contribution < 1.29 is 9.59 Å². The average molecular weight is 240 g/mol. The first-order valence-corrected chi connectivity index (χ1v) is 6.33. The van der Waals surface area contributed by atoms with E-state index in [4.69, 9.17) is 0 Å². The van der Waals surface area contributed by atoms with Crippen LogP contribution in [0.4, 0.5) is 0 Å². The highest BCUT2D eigenvalue weighted by Gasteiger charge is 2.26. The van der Waals surface area contributed by atoms with Crippen molar-refractivity contribution in [2.24, 2.45) is 11.3 Å². The van der Waals surface area contributed by atoms with Gasteiger partial charge in [-0.15, -0.1) is 0 Å². The normalized spacial score (nSPS) is 18.5. The lowest BCUT2D eigenvalue weighted by atomic mass is 9.95. The van der Waals surface area contributed by atoms with Crippen LogP contribution in [-0.4, -0.2) is 54.7 Å². The summed E-state index contributed by atoms with van der Waals surface area (Å²) in [5.74, 6) is 0.312. The molecule has 98 valence electrons. The van der Waals surface area contributed by atoms with Crippen molar-refractivity contribution in [1.29, 1.82) is 0 Å². The van der Waals surface area contributed by atoms with Crippen molar-refractivity contribution in [2.75, 3.05) is 32.7 Å². The van der Waals surface area contributed by atoms with Gasteiger partial charge in [0.2, 0.25) is 5.91 Å². The zero-order valence-corrected chi connectivity index (χ0v) is 11.4. The van der Waals surface area contributed by atoms with E-state index < -0.39 is 0 Å². The molecular formula is C13H24N2O2. The van der Waals surface area contributed by atoms with Gasteiger partial charge >= 0.3 is 0 Å². The summed E-state index contributed by atoms with van der Waals surface area (Å²) < 4.78 is 0. The van der Waals surface area contributed by atoms with Gasteiger partial charge in [-0.3, -0.25) is 9.69 Å². The second-order valence-corrected chi connectivity index (χ2v) is 5.86. The fraction of sp³-hybridized carbons (Fsp3) is 0.846. The number of hydrogen-bond acceptors (Lipinski definition) is 3. The third-order valence-corrected chi connectivity index (χ3v) is 3.13. The van der Waals surface area contributed by atoms with Crippen molar-refractivity contribution in [3.63, 3.8) is 0 Å². The van der Waals surface area contributed by atoms with E-state index in [-0.39, 0.29) is 17.2 Å². The number of nitrogens with zero attached hydrogens (tertiary/aromatic N) is 2. The Kier molecular flexibility index (Phi) is 4.69. The maximum Gasteiger partial charge on any atom is 0.225 e. The number of aldehydes is 1. The first-order valence-electron chi connectivity index (χ1n) is 6.33. The minimum Gasteiger partial charge on any atom is -0.340 e. The van der Waals surface area contributed by atoms with Gasteiger partial charge < -0.3 is 9.69 Å². The SMILES string of the molecule is CC(C)C(=O)N1CCN(CC(C)(C)C=O)CC1. The number of hydrogen-bond donors (Lipinski definition) is 0. The Morgan fingerprint density at radius 3 is 2.18 bits per heavy atom. The Morgan fingerprint density at radius 2 is 1.76 bits per heavy atom. The van der Waals surface area contributed by atoms with Crippen LogP contribution in [0, 0.1) is 11.3 Å². The van der Waals surface area contributed by atoms with Crippen LogP contribution in [0.2, 0.25) is 0 Å². The van der Waals surface area contributed by atoms with Crippen LogP contribution < -0.4 is 0 Å². The third kappa shape index (κ3) is 4.11. The highest BCUT2D eigenvalue weighted by Crippen LogP contribution is 2.15.